The Morgan fingerprint density at radius 3 is 2.55 bits per heavy atom. The van der Waals surface area contributed by atoms with Gasteiger partial charge in [-0.05, 0) is 84.5 Å². The van der Waals surface area contributed by atoms with E-state index >= 15 is 0 Å². The lowest BCUT2D eigenvalue weighted by Gasteiger charge is -2.22. The smallest absolute Gasteiger partial charge is 0.406 e. The fourth-order valence-corrected chi connectivity index (χ4v) is 5.57. The third-order valence-corrected chi connectivity index (χ3v) is 7.75. The summed E-state index contributed by atoms with van der Waals surface area (Å²) in [5, 5.41) is 7.61. The van der Waals surface area contributed by atoms with Crippen LogP contribution in [0.15, 0.2) is 72.0 Å². The van der Waals surface area contributed by atoms with Gasteiger partial charge in [0.1, 0.15) is 12.1 Å². The zero-order chi connectivity index (χ0) is 31.6. The number of benzene rings is 3. The van der Waals surface area contributed by atoms with Crippen molar-refractivity contribution in [3.63, 3.8) is 0 Å². The predicted molar refractivity (Wildman–Crippen MR) is 165 cm³/mol. The van der Waals surface area contributed by atoms with E-state index in [9.17, 15) is 22.8 Å². The number of nitrogens with one attached hydrogen (secondary N) is 1. The molecule has 0 unspecified atom stereocenters. The van der Waals surface area contributed by atoms with E-state index in [1.165, 1.54) is 51.9 Å². The molecule has 1 N–H and O–H groups in total. The molecule has 5 rings (SSSR count). The lowest BCUT2D eigenvalue weighted by molar-refractivity contribution is -0.274. The number of hydrogen-bond donors (Lipinski definition) is 1. The molecule has 3 amide bonds. The average Bonchev–Trinajstić information content (AvgIpc) is 3.59. The maximum Gasteiger partial charge on any atom is 0.573 e. The van der Waals surface area contributed by atoms with Crippen molar-refractivity contribution >= 4 is 40.2 Å². The molecule has 228 valence electrons. The number of alkyl halides is 3. The van der Waals surface area contributed by atoms with E-state index in [-0.39, 0.29) is 23.3 Å². The van der Waals surface area contributed by atoms with Crippen LogP contribution in [0.25, 0.3) is 17.1 Å². The molecule has 44 heavy (non-hydrogen) atoms. The van der Waals surface area contributed by atoms with Crippen LogP contribution in [0, 0.1) is 6.92 Å². The zero-order valence-corrected chi connectivity index (χ0v) is 25.2. The lowest BCUT2D eigenvalue weighted by Crippen LogP contribution is -2.31. The van der Waals surface area contributed by atoms with Gasteiger partial charge in [-0.1, -0.05) is 44.7 Å². The van der Waals surface area contributed by atoms with E-state index in [4.69, 9.17) is 0 Å². The van der Waals surface area contributed by atoms with Gasteiger partial charge in [0.05, 0.1) is 17.1 Å². The number of hydrogen-bond acceptors (Lipinski definition) is 6. The van der Waals surface area contributed by atoms with Gasteiger partial charge in [0.15, 0.2) is 11.0 Å². The Bertz CT molecular complexity index is 1730. The second-order valence-electron chi connectivity index (χ2n) is 10.3. The molecule has 0 bridgehead atoms. The van der Waals surface area contributed by atoms with E-state index in [2.05, 4.69) is 39.0 Å². The quantitative estimate of drug-likeness (QED) is 0.229. The van der Waals surface area contributed by atoms with Crippen molar-refractivity contribution in [1.29, 1.82) is 0 Å². The monoisotopic (exact) mass is 622 g/mol. The van der Waals surface area contributed by atoms with Gasteiger partial charge in [0.2, 0.25) is 5.91 Å². The number of amides is 3. The van der Waals surface area contributed by atoms with Crippen LogP contribution < -0.4 is 15.0 Å². The van der Waals surface area contributed by atoms with E-state index in [1.807, 2.05) is 38.1 Å². The number of aryl methyl sites for hydroxylation is 2. The highest BCUT2D eigenvalue weighted by Crippen LogP contribution is 2.34. The molecule has 1 fully saturated rings. The van der Waals surface area contributed by atoms with E-state index in [0.717, 1.165) is 22.4 Å². The van der Waals surface area contributed by atoms with Crippen LogP contribution in [-0.4, -0.2) is 44.0 Å². The van der Waals surface area contributed by atoms with Crippen LogP contribution in [0.1, 0.15) is 43.4 Å². The van der Waals surface area contributed by atoms with Gasteiger partial charge in [0, 0.05) is 11.3 Å². The lowest BCUT2D eigenvalue weighted by atomic mass is 9.99. The molecule has 4 aromatic rings. The van der Waals surface area contributed by atoms with Crippen molar-refractivity contribution < 1.29 is 27.5 Å². The number of anilines is 2. The number of carbonyl (C=O) groups is 2. The number of ether oxygens (including phenoxy) is 1. The Balaban J connectivity index is 1.33. The number of carbonyl (C=O) groups excluding carboxylic acids is 2. The summed E-state index contributed by atoms with van der Waals surface area (Å²) in [7, 11) is 0. The highest BCUT2D eigenvalue weighted by Gasteiger charge is 2.33. The molecule has 0 spiro atoms. The van der Waals surface area contributed by atoms with Crippen molar-refractivity contribution in [1.82, 2.24) is 14.8 Å². The third kappa shape index (κ3) is 6.94. The van der Waals surface area contributed by atoms with Crippen molar-refractivity contribution in [3.05, 3.63) is 83.7 Å². The van der Waals surface area contributed by atoms with E-state index in [1.54, 1.807) is 12.1 Å². The SMILES string of the molecule is CCc1cc(-c2ncn(-c3ccc(OC(F)(F)F)cc3)n2)ccc1NC(=O)/N=C1\SCC(=O)N1c1cc(C)ccc1C(C)C. The fraction of sp³-hybridized carbons (Fsp3) is 0.258. The number of rotatable bonds is 7. The predicted octanol–water partition coefficient (Wildman–Crippen LogP) is 7.50. The average molecular weight is 623 g/mol. The molecular formula is C31H29F3N6O3S. The van der Waals surface area contributed by atoms with Gasteiger partial charge in [0.25, 0.3) is 0 Å². The summed E-state index contributed by atoms with van der Waals surface area (Å²) >= 11 is 1.22. The summed E-state index contributed by atoms with van der Waals surface area (Å²) in [6, 6.07) is 16.0. The number of nitrogens with zero attached hydrogens (tertiary/aromatic N) is 5. The number of aromatic nitrogens is 3. The summed E-state index contributed by atoms with van der Waals surface area (Å²) in [4.78, 5) is 36.1. The van der Waals surface area contributed by atoms with Crippen molar-refractivity contribution in [2.24, 2.45) is 4.99 Å². The highest BCUT2D eigenvalue weighted by atomic mass is 32.2. The van der Waals surface area contributed by atoms with E-state index < -0.39 is 12.4 Å². The normalized spacial score (nSPS) is 14.5. The fourth-order valence-electron chi connectivity index (χ4n) is 4.71. The Kier molecular flexibility index (Phi) is 8.77. The molecule has 1 aliphatic rings. The summed E-state index contributed by atoms with van der Waals surface area (Å²) in [6.07, 6.45) is -2.73. The van der Waals surface area contributed by atoms with Gasteiger partial charge in [-0.2, -0.15) is 4.99 Å². The number of aliphatic imine (C=N–C) groups is 1. The molecule has 0 atom stereocenters. The summed E-state index contributed by atoms with van der Waals surface area (Å²) in [5.41, 5.74) is 5.28. The van der Waals surface area contributed by atoms with Gasteiger partial charge < -0.3 is 10.1 Å². The van der Waals surface area contributed by atoms with Crippen molar-refractivity contribution in [2.75, 3.05) is 16.0 Å². The Morgan fingerprint density at radius 1 is 1.11 bits per heavy atom. The molecule has 1 aliphatic heterocycles. The first kappa shape index (κ1) is 30.8. The van der Waals surface area contributed by atoms with Crippen LogP contribution in [0.2, 0.25) is 0 Å². The Hall–Kier alpha value is -4.65. The topological polar surface area (TPSA) is 102 Å². The minimum atomic E-state index is -4.77. The number of amidine groups is 1. The molecule has 2 heterocycles. The molecule has 3 aromatic carbocycles. The highest BCUT2D eigenvalue weighted by molar-refractivity contribution is 8.15. The summed E-state index contributed by atoms with van der Waals surface area (Å²) in [5.74, 6) is 0.286. The van der Waals surface area contributed by atoms with Gasteiger partial charge in [-0.15, -0.1) is 18.3 Å². The molecule has 9 nitrogen and oxygen atoms in total. The number of urea groups is 1. The molecule has 1 saturated heterocycles. The first-order valence-electron chi connectivity index (χ1n) is 13.8. The summed E-state index contributed by atoms with van der Waals surface area (Å²) < 4.78 is 42.7. The molecule has 1 aromatic heterocycles. The second-order valence-corrected chi connectivity index (χ2v) is 11.3. The molecule has 13 heteroatoms. The summed E-state index contributed by atoms with van der Waals surface area (Å²) in [6.45, 7) is 8.00. The van der Waals surface area contributed by atoms with Crippen LogP contribution in [0.5, 0.6) is 5.75 Å². The van der Waals surface area contributed by atoms with Crippen LogP contribution in [-0.2, 0) is 11.2 Å². The zero-order valence-electron chi connectivity index (χ0n) is 24.3. The number of halogens is 3. The number of thioether (sulfide) groups is 1. The standard InChI is InChI=1S/C31H29F3N6O3S/c1-5-20-15-21(28-35-17-39(38-28)22-8-10-23(11-9-22)43-31(32,33)34)7-13-25(20)36-29(42)37-30-40(27(41)16-44-30)26-14-19(4)6-12-24(26)18(2)3/h6-15,17-18H,5,16H2,1-4H3,(H,36,42)/b37-30-. The molecule has 0 radical (unpaired) electrons. The van der Waals surface area contributed by atoms with Gasteiger partial charge >= 0.3 is 12.4 Å². The molecular weight excluding hydrogens is 593 g/mol. The van der Waals surface area contributed by atoms with Gasteiger partial charge in [-0.3, -0.25) is 9.69 Å². The van der Waals surface area contributed by atoms with Crippen molar-refractivity contribution in [2.45, 2.75) is 46.4 Å². The van der Waals surface area contributed by atoms with E-state index in [0.29, 0.717) is 34.4 Å². The van der Waals surface area contributed by atoms with Crippen LogP contribution in [0.4, 0.5) is 29.3 Å². The Morgan fingerprint density at radius 2 is 1.86 bits per heavy atom. The Labute approximate surface area is 256 Å². The van der Waals surface area contributed by atoms with Crippen molar-refractivity contribution in [3.8, 4) is 22.8 Å². The maximum absolute atomic E-state index is 13.1. The van der Waals surface area contributed by atoms with Crippen LogP contribution in [0.3, 0.4) is 0 Å². The second kappa shape index (κ2) is 12.5. The minimum absolute atomic E-state index is 0.134. The maximum atomic E-state index is 13.1. The molecule has 0 aliphatic carbocycles. The first-order chi connectivity index (χ1) is 20.9. The minimum Gasteiger partial charge on any atom is -0.406 e. The molecule has 0 saturated carbocycles. The van der Waals surface area contributed by atoms with Gasteiger partial charge in [-0.25, -0.2) is 14.5 Å². The van der Waals surface area contributed by atoms with Crippen LogP contribution >= 0.6 is 11.8 Å². The first-order valence-corrected chi connectivity index (χ1v) is 14.8. The largest absolute Gasteiger partial charge is 0.573 e. The third-order valence-electron chi connectivity index (χ3n) is 6.82.